The van der Waals surface area contributed by atoms with E-state index in [1.54, 1.807) is 0 Å². The van der Waals surface area contributed by atoms with Crippen LogP contribution in [-0.2, 0) is 11.2 Å². The number of aromatic amines is 1. The molecule has 5 atom stereocenters. The minimum atomic E-state index is -1.52. The van der Waals surface area contributed by atoms with Crippen LogP contribution >= 0.6 is 0 Å². The van der Waals surface area contributed by atoms with Gasteiger partial charge in [0.05, 0.1) is 6.61 Å². The van der Waals surface area contributed by atoms with E-state index in [9.17, 15) is 20.4 Å². The Labute approximate surface area is 242 Å². The SMILES string of the molecule is Cc1cc(C=CCCN2CC3(CCCNC3)C2)ccc1Cc1c(OC2OC(CO)C(O)C(O)C2O)n[nH]c1C(C)C. The van der Waals surface area contributed by atoms with Gasteiger partial charge in [-0.05, 0) is 55.3 Å². The molecule has 2 aromatic rings. The third-order valence-electron chi connectivity index (χ3n) is 8.85. The first-order valence-corrected chi connectivity index (χ1v) is 14.9. The molecule has 0 aliphatic carbocycles. The molecule has 41 heavy (non-hydrogen) atoms. The Morgan fingerprint density at radius 2 is 2.00 bits per heavy atom. The average molecular weight is 571 g/mol. The van der Waals surface area contributed by atoms with Crippen LogP contribution in [0.5, 0.6) is 5.88 Å². The van der Waals surface area contributed by atoms with Crippen molar-refractivity contribution in [3.8, 4) is 5.88 Å². The van der Waals surface area contributed by atoms with Gasteiger partial charge in [0.2, 0.25) is 12.2 Å². The van der Waals surface area contributed by atoms with Crippen molar-refractivity contribution >= 4 is 6.08 Å². The molecule has 6 N–H and O–H groups in total. The summed E-state index contributed by atoms with van der Waals surface area (Å²) in [6.07, 6.45) is 1.90. The van der Waals surface area contributed by atoms with E-state index in [-0.39, 0.29) is 11.8 Å². The lowest BCUT2D eigenvalue weighted by atomic mass is 9.74. The summed E-state index contributed by atoms with van der Waals surface area (Å²) < 4.78 is 11.5. The monoisotopic (exact) mass is 570 g/mol. The summed E-state index contributed by atoms with van der Waals surface area (Å²) >= 11 is 0. The summed E-state index contributed by atoms with van der Waals surface area (Å²) in [5.41, 5.74) is 5.71. The number of aromatic nitrogens is 2. The number of aliphatic hydroxyl groups is 4. The van der Waals surface area contributed by atoms with Gasteiger partial charge in [-0.2, -0.15) is 0 Å². The van der Waals surface area contributed by atoms with Crippen molar-refractivity contribution < 1.29 is 29.9 Å². The van der Waals surface area contributed by atoms with Crippen LogP contribution in [0.4, 0.5) is 0 Å². The highest BCUT2D eigenvalue weighted by Crippen LogP contribution is 2.36. The fourth-order valence-electron chi connectivity index (χ4n) is 6.43. The summed E-state index contributed by atoms with van der Waals surface area (Å²) in [4.78, 5) is 2.56. The van der Waals surface area contributed by atoms with Gasteiger partial charge in [-0.1, -0.05) is 44.2 Å². The Hall–Kier alpha value is -2.31. The Balaban J connectivity index is 1.21. The van der Waals surface area contributed by atoms with Crippen LogP contribution in [0.3, 0.4) is 0 Å². The molecule has 3 saturated heterocycles. The van der Waals surface area contributed by atoms with Crippen molar-refractivity contribution in [3.63, 3.8) is 0 Å². The summed E-state index contributed by atoms with van der Waals surface area (Å²) in [6.45, 7) is 11.6. The fourth-order valence-corrected chi connectivity index (χ4v) is 6.43. The minimum Gasteiger partial charge on any atom is -0.443 e. The Kier molecular flexibility index (Phi) is 9.50. The highest BCUT2D eigenvalue weighted by molar-refractivity contribution is 5.52. The van der Waals surface area contributed by atoms with Crippen molar-refractivity contribution in [2.24, 2.45) is 5.41 Å². The second-order valence-corrected chi connectivity index (χ2v) is 12.4. The number of aryl methyl sites for hydroxylation is 1. The second kappa shape index (κ2) is 12.9. The first-order valence-electron chi connectivity index (χ1n) is 14.9. The normalized spacial score (nSPS) is 28.4. The first kappa shape index (κ1) is 30.2. The van der Waals surface area contributed by atoms with Gasteiger partial charge in [-0.25, -0.2) is 0 Å². The first-order chi connectivity index (χ1) is 19.7. The number of nitrogens with one attached hydrogen (secondary N) is 2. The van der Waals surface area contributed by atoms with E-state index in [2.05, 4.69) is 71.5 Å². The summed E-state index contributed by atoms with van der Waals surface area (Å²) in [5.74, 6) is 0.404. The molecule has 10 heteroatoms. The van der Waals surface area contributed by atoms with E-state index in [1.807, 2.05) is 0 Å². The Morgan fingerprint density at radius 1 is 1.20 bits per heavy atom. The smallest absolute Gasteiger partial charge is 0.238 e. The maximum Gasteiger partial charge on any atom is 0.238 e. The molecule has 4 heterocycles. The number of ether oxygens (including phenoxy) is 2. The molecule has 1 aromatic carbocycles. The molecule has 0 amide bonds. The van der Waals surface area contributed by atoms with E-state index >= 15 is 0 Å². The maximum absolute atomic E-state index is 10.5. The average Bonchev–Trinajstić information content (AvgIpc) is 3.34. The molecule has 3 aliphatic rings. The molecule has 5 rings (SSSR count). The molecular formula is C31H46N4O6. The van der Waals surface area contributed by atoms with Gasteiger partial charge in [0.15, 0.2) is 0 Å². The number of benzene rings is 1. The van der Waals surface area contributed by atoms with Crippen molar-refractivity contribution in [2.45, 2.75) is 83.1 Å². The zero-order valence-electron chi connectivity index (χ0n) is 24.4. The van der Waals surface area contributed by atoms with Gasteiger partial charge in [0.1, 0.15) is 24.4 Å². The van der Waals surface area contributed by atoms with Gasteiger partial charge < -0.3 is 40.1 Å². The largest absolute Gasteiger partial charge is 0.443 e. The quantitative estimate of drug-likeness (QED) is 0.252. The molecule has 0 saturated carbocycles. The molecule has 0 bridgehead atoms. The van der Waals surface area contributed by atoms with Gasteiger partial charge >= 0.3 is 0 Å². The van der Waals surface area contributed by atoms with E-state index in [4.69, 9.17) is 9.47 Å². The number of piperidine rings is 1. The van der Waals surface area contributed by atoms with E-state index in [1.165, 1.54) is 39.0 Å². The van der Waals surface area contributed by atoms with Crippen LogP contribution in [0.1, 0.15) is 67.0 Å². The molecule has 5 unspecified atom stereocenters. The number of nitrogens with zero attached hydrogens (tertiary/aromatic N) is 2. The molecule has 0 radical (unpaired) electrons. The van der Waals surface area contributed by atoms with Crippen molar-refractivity contribution in [2.75, 3.05) is 39.3 Å². The fraction of sp³-hybridized carbons (Fsp3) is 0.645. The summed E-state index contributed by atoms with van der Waals surface area (Å²) in [7, 11) is 0. The third kappa shape index (κ3) is 6.69. The highest BCUT2D eigenvalue weighted by atomic mass is 16.7. The van der Waals surface area contributed by atoms with Gasteiger partial charge in [-0.15, -0.1) is 5.10 Å². The predicted octanol–water partition coefficient (Wildman–Crippen LogP) is 1.70. The summed E-state index contributed by atoms with van der Waals surface area (Å²) in [6, 6.07) is 6.43. The summed E-state index contributed by atoms with van der Waals surface area (Å²) in [5, 5.41) is 51.2. The van der Waals surface area contributed by atoms with Crippen LogP contribution in [-0.4, -0.2) is 106 Å². The molecule has 3 aliphatic heterocycles. The topological polar surface area (TPSA) is 143 Å². The van der Waals surface area contributed by atoms with Crippen LogP contribution in [0, 0.1) is 12.3 Å². The number of aliphatic hydroxyl groups excluding tert-OH is 4. The lowest BCUT2D eigenvalue weighted by Gasteiger charge is -2.52. The number of likely N-dealkylation sites (tertiary alicyclic amines) is 1. The number of H-pyrrole nitrogens is 1. The van der Waals surface area contributed by atoms with Crippen LogP contribution < -0.4 is 10.1 Å². The third-order valence-corrected chi connectivity index (χ3v) is 8.85. The van der Waals surface area contributed by atoms with Gasteiger partial charge in [-0.3, -0.25) is 5.10 Å². The van der Waals surface area contributed by atoms with E-state index in [0.29, 0.717) is 11.8 Å². The zero-order chi connectivity index (χ0) is 29.1. The standard InChI is InChI=1S/C31H46N4O6/c1-19(2)25-23(29(34-33-25)41-30-28(39)27(38)26(37)24(15-36)40-30)14-22-9-8-21(13-20(22)3)7-4-5-12-35-17-31(18-35)10-6-11-32-16-31/h4,7-9,13,19,24,26-28,30,32,36-39H,5-6,10-12,14-18H2,1-3H3,(H,33,34). The molecule has 1 spiro atoms. The maximum atomic E-state index is 10.5. The molecular weight excluding hydrogens is 524 g/mol. The van der Waals surface area contributed by atoms with Crippen LogP contribution in [0.2, 0.25) is 0 Å². The van der Waals surface area contributed by atoms with Crippen LogP contribution in [0.25, 0.3) is 6.08 Å². The van der Waals surface area contributed by atoms with E-state index < -0.39 is 37.3 Å². The van der Waals surface area contributed by atoms with E-state index in [0.717, 1.165) is 40.9 Å². The number of rotatable bonds is 10. The van der Waals surface area contributed by atoms with Crippen LogP contribution in [0.15, 0.2) is 24.3 Å². The lowest BCUT2D eigenvalue weighted by Crippen LogP contribution is -2.62. The van der Waals surface area contributed by atoms with Gasteiger partial charge in [0.25, 0.3) is 0 Å². The molecule has 1 aromatic heterocycles. The number of hydrogen-bond donors (Lipinski definition) is 6. The number of hydrogen-bond acceptors (Lipinski definition) is 9. The Bertz CT molecular complexity index is 1180. The predicted molar refractivity (Wildman–Crippen MR) is 156 cm³/mol. The van der Waals surface area contributed by atoms with Crippen molar-refractivity contribution in [3.05, 3.63) is 52.2 Å². The molecule has 10 nitrogen and oxygen atoms in total. The highest BCUT2D eigenvalue weighted by Gasteiger charge is 2.45. The zero-order valence-corrected chi connectivity index (χ0v) is 24.4. The Morgan fingerprint density at radius 3 is 2.68 bits per heavy atom. The van der Waals surface area contributed by atoms with Gasteiger partial charge in [0, 0.05) is 49.3 Å². The molecule has 3 fully saturated rings. The minimum absolute atomic E-state index is 0.142. The molecule has 226 valence electrons. The van der Waals surface area contributed by atoms with Crippen molar-refractivity contribution in [1.29, 1.82) is 0 Å². The second-order valence-electron chi connectivity index (χ2n) is 12.4. The van der Waals surface area contributed by atoms with Crippen molar-refractivity contribution in [1.82, 2.24) is 20.4 Å². The lowest BCUT2D eigenvalue weighted by molar-refractivity contribution is -0.278.